The van der Waals surface area contributed by atoms with Crippen LogP contribution in [0.3, 0.4) is 0 Å². The zero-order chi connectivity index (χ0) is 12.0. The van der Waals surface area contributed by atoms with Crippen LogP contribution < -0.4 is 0 Å². The van der Waals surface area contributed by atoms with Gasteiger partial charge in [0.05, 0.1) is 0 Å². The summed E-state index contributed by atoms with van der Waals surface area (Å²) in [6.45, 7) is 0.0214. The van der Waals surface area contributed by atoms with Crippen LogP contribution in [0.25, 0.3) is 0 Å². The van der Waals surface area contributed by atoms with E-state index < -0.39 is 21.5 Å². The van der Waals surface area contributed by atoms with Crippen LogP contribution >= 0.6 is 11.6 Å². The van der Waals surface area contributed by atoms with Crippen molar-refractivity contribution in [2.75, 3.05) is 6.61 Å². The van der Waals surface area contributed by atoms with Gasteiger partial charge in [-0.3, -0.25) is 4.18 Å². The Bertz CT molecular complexity index is 581. The average Bonchev–Trinajstić information content (AvgIpc) is 2.83. The second-order valence-electron chi connectivity index (χ2n) is 3.83. The number of nitrogens with zero attached hydrogens (tertiary/aromatic N) is 1. The van der Waals surface area contributed by atoms with Crippen molar-refractivity contribution in [3.63, 3.8) is 0 Å². The number of rotatable bonds is 1. The first-order valence-electron chi connectivity index (χ1n) is 4.96. The molecule has 0 saturated carbocycles. The molecule has 1 saturated heterocycles. The number of halogens is 1. The topological polar surface area (TPSA) is 65.0 Å². The summed E-state index contributed by atoms with van der Waals surface area (Å²) in [5.41, 5.74) is 1.06. The Hall–Kier alpha value is -1.11. The van der Waals surface area contributed by atoms with Crippen molar-refractivity contribution in [1.29, 1.82) is 0 Å². The van der Waals surface area contributed by atoms with Crippen LogP contribution in [0.2, 0.25) is 5.02 Å². The van der Waals surface area contributed by atoms with E-state index in [0.717, 1.165) is 0 Å². The van der Waals surface area contributed by atoms with Crippen LogP contribution in [-0.4, -0.2) is 32.1 Å². The van der Waals surface area contributed by atoms with Gasteiger partial charge in [-0.1, -0.05) is 28.9 Å². The Morgan fingerprint density at radius 3 is 2.71 bits per heavy atom. The Morgan fingerprint density at radius 2 is 2.00 bits per heavy atom. The molecule has 5 nitrogen and oxygen atoms in total. The molecule has 0 N–H and O–H groups in total. The number of hydrogen-bond acceptors (Lipinski definition) is 5. The molecule has 17 heavy (non-hydrogen) atoms. The lowest BCUT2D eigenvalue weighted by Gasteiger charge is -2.06. The highest BCUT2D eigenvalue weighted by Crippen LogP contribution is 2.30. The van der Waals surface area contributed by atoms with Gasteiger partial charge in [-0.15, -0.1) is 0 Å². The maximum atomic E-state index is 11.7. The standard InChI is InChI=1S/C10H8ClNO4S/c11-7-3-1-6(2-4-7)9-10-8(16-12-9)5-15-17(10,13)14/h1-4,8,10H,5H2. The quantitative estimate of drug-likeness (QED) is 0.721. The van der Waals surface area contributed by atoms with Gasteiger partial charge in [-0.2, -0.15) is 8.42 Å². The maximum absolute atomic E-state index is 11.7. The van der Waals surface area contributed by atoms with Gasteiger partial charge in [0.25, 0.3) is 10.1 Å². The van der Waals surface area contributed by atoms with Crippen LogP contribution in [0.4, 0.5) is 0 Å². The fourth-order valence-corrected chi connectivity index (χ4v) is 3.47. The van der Waals surface area contributed by atoms with Gasteiger partial charge in [0.15, 0.2) is 11.4 Å². The van der Waals surface area contributed by atoms with Crippen molar-refractivity contribution in [3.8, 4) is 0 Å². The summed E-state index contributed by atoms with van der Waals surface area (Å²) in [7, 11) is -3.62. The van der Waals surface area contributed by atoms with Gasteiger partial charge in [0, 0.05) is 10.6 Å². The van der Waals surface area contributed by atoms with Crippen LogP contribution in [-0.2, 0) is 19.1 Å². The van der Waals surface area contributed by atoms with Crippen LogP contribution in [0.5, 0.6) is 0 Å². The van der Waals surface area contributed by atoms with Gasteiger partial charge in [0.1, 0.15) is 12.3 Å². The molecule has 1 aromatic rings. The Morgan fingerprint density at radius 1 is 1.29 bits per heavy atom. The normalized spacial score (nSPS) is 29.6. The number of fused-ring (bicyclic) bond motifs is 1. The summed E-state index contributed by atoms with van der Waals surface area (Å²) in [6, 6.07) is 6.77. The van der Waals surface area contributed by atoms with E-state index in [-0.39, 0.29) is 6.61 Å². The molecule has 3 rings (SSSR count). The first-order chi connectivity index (χ1) is 8.08. The minimum Gasteiger partial charge on any atom is -0.388 e. The summed E-state index contributed by atoms with van der Waals surface area (Å²) in [5.74, 6) is 0. The molecule has 0 aliphatic carbocycles. The predicted molar refractivity (Wildman–Crippen MR) is 61.5 cm³/mol. The van der Waals surface area contributed by atoms with Crippen molar-refractivity contribution < 1.29 is 17.4 Å². The molecule has 0 radical (unpaired) electrons. The monoisotopic (exact) mass is 273 g/mol. The molecule has 2 unspecified atom stereocenters. The van der Waals surface area contributed by atoms with Crippen molar-refractivity contribution in [1.82, 2.24) is 0 Å². The average molecular weight is 274 g/mol. The van der Waals surface area contributed by atoms with Crippen LogP contribution in [0, 0.1) is 0 Å². The second kappa shape index (κ2) is 3.69. The lowest BCUT2D eigenvalue weighted by atomic mass is 10.1. The third-order valence-electron chi connectivity index (χ3n) is 2.74. The molecule has 0 amide bonds. The van der Waals surface area contributed by atoms with Crippen molar-refractivity contribution in [2.24, 2.45) is 5.16 Å². The maximum Gasteiger partial charge on any atom is 0.280 e. The molecule has 90 valence electrons. The third-order valence-corrected chi connectivity index (χ3v) is 4.61. The first-order valence-corrected chi connectivity index (χ1v) is 6.81. The summed E-state index contributed by atoms with van der Waals surface area (Å²) in [5, 5.41) is 3.58. The van der Waals surface area contributed by atoms with E-state index in [9.17, 15) is 8.42 Å². The molecule has 0 aromatic heterocycles. The van der Waals surface area contributed by atoms with Crippen molar-refractivity contribution in [3.05, 3.63) is 34.9 Å². The summed E-state index contributed by atoms with van der Waals surface area (Å²) in [6.07, 6.45) is -0.536. The predicted octanol–water partition coefficient (Wildman–Crippen LogP) is 1.17. The van der Waals surface area contributed by atoms with Gasteiger partial charge in [0.2, 0.25) is 0 Å². The number of benzene rings is 1. The summed E-state index contributed by atoms with van der Waals surface area (Å²) in [4.78, 5) is 5.06. The number of oxime groups is 1. The minimum atomic E-state index is -3.62. The van der Waals surface area contributed by atoms with Crippen LogP contribution in [0.1, 0.15) is 5.56 Å². The zero-order valence-corrected chi connectivity index (χ0v) is 10.1. The van der Waals surface area contributed by atoms with E-state index in [0.29, 0.717) is 16.3 Å². The largest absolute Gasteiger partial charge is 0.388 e. The molecule has 2 aliphatic heterocycles. The van der Waals surface area contributed by atoms with Crippen molar-refractivity contribution in [2.45, 2.75) is 11.4 Å². The van der Waals surface area contributed by atoms with Gasteiger partial charge >= 0.3 is 0 Å². The van der Waals surface area contributed by atoms with E-state index in [1.165, 1.54) is 0 Å². The molecule has 2 aliphatic rings. The van der Waals surface area contributed by atoms with Gasteiger partial charge in [-0.05, 0) is 12.1 Å². The lowest BCUT2D eigenvalue weighted by molar-refractivity contribution is 0.0683. The Balaban J connectivity index is 2.02. The van der Waals surface area contributed by atoms with E-state index >= 15 is 0 Å². The summed E-state index contributed by atoms with van der Waals surface area (Å²) >= 11 is 5.77. The fourth-order valence-electron chi connectivity index (χ4n) is 1.92. The molecule has 2 atom stereocenters. The zero-order valence-electron chi connectivity index (χ0n) is 8.54. The fraction of sp³-hybridized carbons (Fsp3) is 0.300. The molecule has 7 heteroatoms. The van der Waals surface area contributed by atoms with E-state index in [1.54, 1.807) is 24.3 Å². The highest BCUT2D eigenvalue weighted by atomic mass is 35.5. The minimum absolute atomic E-state index is 0.0214. The molecule has 0 bridgehead atoms. The molecule has 0 spiro atoms. The third kappa shape index (κ3) is 1.72. The smallest absolute Gasteiger partial charge is 0.280 e. The van der Waals surface area contributed by atoms with Crippen LogP contribution in [0.15, 0.2) is 29.4 Å². The highest BCUT2D eigenvalue weighted by Gasteiger charge is 2.51. The Labute approximate surface area is 103 Å². The number of hydrogen-bond donors (Lipinski definition) is 0. The Kier molecular flexibility index (Phi) is 2.39. The van der Waals surface area contributed by atoms with Gasteiger partial charge < -0.3 is 4.84 Å². The molecule has 1 aromatic carbocycles. The molecule has 2 heterocycles. The molecule has 1 fully saturated rings. The SMILES string of the molecule is O=S1(=O)OCC2ON=C(c3ccc(Cl)cc3)C21. The summed E-state index contributed by atoms with van der Waals surface area (Å²) < 4.78 is 28.1. The molecular formula is C10H8ClNO4S. The lowest BCUT2D eigenvalue weighted by Crippen LogP contribution is -2.31. The highest BCUT2D eigenvalue weighted by molar-refractivity contribution is 7.88. The molecular weight excluding hydrogens is 266 g/mol. The first kappa shape index (κ1) is 11.0. The van der Waals surface area contributed by atoms with E-state index in [1.807, 2.05) is 0 Å². The van der Waals surface area contributed by atoms with Gasteiger partial charge in [-0.25, -0.2) is 0 Å². The van der Waals surface area contributed by atoms with Crippen molar-refractivity contribution >= 4 is 27.4 Å². The van der Waals surface area contributed by atoms with E-state index in [4.69, 9.17) is 20.6 Å². The second-order valence-corrected chi connectivity index (χ2v) is 5.99. The van der Waals surface area contributed by atoms with E-state index in [2.05, 4.69) is 5.16 Å².